The van der Waals surface area contributed by atoms with Crippen LogP contribution < -0.4 is 9.67 Å². The summed E-state index contributed by atoms with van der Waals surface area (Å²) >= 11 is 0. The van der Waals surface area contributed by atoms with Crippen LogP contribution in [0.2, 0.25) is 0 Å². The van der Waals surface area contributed by atoms with E-state index in [2.05, 4.69) is 65.2 Å². The third-order valence-corrected chi connectivity index (χ3v) is 5.95. The van der Waals surface area contributed by atoms with Crippen LogP contribution >= 0.6 is 0 Å². The lowest BCUT2D eigenvalue weighted by atomic mass is 9.98. The lowest BCUT2D eigenvalue weighted by Crippen LogP contribution is -2.37. The van der Waals surface area contributed by atoms with E-state index >= 15 is 0 Å². The van der Waals surface area contributed by atoms with Crippen molar-refractivity contribution in [2.24, 2.45) is 0 Å². The minimum atomic E-state index is 0.0485. The van der Waals surface area contributed by atoms with E-state index in [0.29, 0.717) is 5.69 Å². The fraction of sp³-hybridized carbons (Fsp3) is 0.0645. The van der Waals surface area contributed by atoms with Gasteiger partial charge in [-0.2, -0.15) is 4.57 Å². The Balaban J connectivity index is 1.93. The number of pyridine rings is 1. The number of aryl methyl sites for hydroxylation is 2. The second kappa shape index (κ2) is 8.76. The molecule has 0 atom stereocenters. The molecule has 0 saturated carbocycles. The maximum absolute atomic E-state index is 13.4. The molecule has 1 aromatic heterocycles. The molecule has 1 heterocycles. The molecule has 0 aliphatic heterocycles. The standard InChI is InChI=1S/C31H25NO/c1-22-18-23(2)31(33)30(19-22)32-28(25-14-8-4-9-15-25)20-27(24-12-6-3-7-13-24)21-29(32)26-16-10-5-11-17-26/h3-21H,1-2H3. The van der Waals surface area contributed by atoms with Crippen molar-refractivity contribution in [3.63, 3.8) is 0 Å². The molecule has 0 aliphatic carbocycles. The van der Waals surface area contributed by atoms with Crippen LogP contribution in [0.1, 0.15) is 11.1 Å². The molecule has 5 aromatic rings. The molecule has 4 aromatic carbocycles. The summed E-state index contributed by atoms with van der Waals surface area (Å²) in [5.41, 5.74) is 8.84. The number of hydrogen-bond acceptors (Lipinski definition) is 1. The van der Waals surface area contributed by atoms with Crippen molar-refractivity contribution < 1.29 is 9.67 Å². The minimum absolute atomic E-state index is 0.0485. The highest BCUT2D eigenvalue weighted by Gasteiger charge is 2.26. The van der Waals surface area contributed by atoms with Gasteiger partial charge in [-0.15, -0.1) is 0 Å². The summed E-state index contributed by atoms with van der Waals surface area (Å²) in [6.45, 7) is 3.93. The summed E-state index contributed by atoms with van der Waals surface area (Å²) < 4.78 is 2.12. The molecule has 0 spiro atoms. The fourth-order valence-corrected chi connectivity index (χ4v) is 4.39. The van der Waals surface area contributed by atoms with Gasteiger partial charge in [-0.3, -0.25) is 0 Å². The van der Waals surface area contributed by atoms with Crippen LogP contribution in [-0.4, -0.2) is 0 Å². The Hall–Kier alpha value is -4.17. The van der Waals surface area contributed by atoms with E-state index < -0.39 is 0 Å². The fourth-order valence-electron chi connectivity index (χ4n) is 4.39. The van der Waals surface area contributed by atoms with E-state index in [9.17, 15) is 5.11 Å². The SMILES string of the molecule is Cc1cc(C)c([O-])c(-[n+]2c(-c3ccccc3)cc(-c3ccccc3)cc2-c2ccccc2)c1. The summed E-state index contributed by atoms with van der Waals surface area (Å²) in [7, 11) is 0. The third kappa shape index (κ3) is 4.04. The summed E-state index contributed by atoms with van der Waals surface area (Å²) in [6.07, 6.45) is 0. The van der Waals surface area contributed by atoms with Gasteiger partial charge in [-0.1, -0.05) is 78.4 Å². The van der Waals surface area contributed by atoms with Crippen LogP contribution in [0.25, 0.3) is 39.3 Å². The first-order valence-electron chi connectivity index (χ1n) is 11.2. The van der Waals surface area contributed by atoms with Crippen LogP contribution in [-0.2, 0) is 0 Å². The molecule has 0 N–H and O–H groups in total. The highest BCUT2D eigenvalue weighted by atomic mass is 16.3. The Labute approximate surface area is 195 Å². The van der Waals surface area contributed by atoms with Crippen LogP contribution in [0.5, 0.6) is 5.75 Å². The van der Waals surface area contributed by atoms with E-state index in [0.717, 1.165) is 44.8 Å². The lowest BCUT2D eigenvalue weighted by molar-refractivity contribution is -0.576. The molecule has 0 radical (unpaired) electrons. The van der Waals surface area contributed by atoms with E-state index in [1.165, 1.54) is 0 Å². The first kappa shape index (κ1) is 20.7. The van der Waals surface area contributed by atoms with Gasteiger partial charge in [0, 0.05) is 29.3 Å². The molecular formula is C31H25NO. The van der Waals surface area contributed by atoms with Crippen LogP contribution in [0.15, 0.2) is 115 Å². The summed E-state index contributed by atoms with van der Waals surface area (Å²) in [5, 5.41) is 13.4. The molecule has 5 rings (SSSR count). The Bertz CT molecular complexity index is 1350. The maximum Gasteiger partial charge on any atom is 0.219 e. The Morgan fingerprint density at radius 3 is 1.45 bits per heavy atom. The number of hydrogen-bond donors (Lipinski definition) is 0. The van der Waals surface area contributed by atoms with E-state index in [-0.39, 0.29) is 5.75 Å². The highest BCUT2D eigenvalue weighted by molar-refractivity contribution is 5.74. The van der Waals surface area contributed by atoms with Crippen molar-refractivity contribution >= 4 is 0 Å². The molecule has 33 heavy (non-hydrogen) atoms. The van der Waals surface area contributed by atoms with Crippen molar-refractivity contribution in [3.8, 4) is 45.1 Å². The number of rotatable bonds is 4. The molecule has 2 nitrogen and oxygen atoms in total. The van der Waals surface area contributed by atoms with Gasteiger partial charge in [0.2, 0.25) is 17.1 Å². The Kier molecular flexibility index (Phi) is 5.50. The van der Waals surface area contributed by atoms with Crippen molar-refractivity contribution in [2.45, 2.75) is 13.8 Å². The van der Waals surface area contributed by atoms with E-state index in [1.807, 2.05) is 68.4 Å². The molecule has 160 valence electrons. The molecular weight excluding hydrogens is 402 g/mol. The zero-order valence-corrected chi connectivity index (χ0v) is 18.8. The van der Waals surface area contributed by atoms with Gasteiger partial charge in [-0.25, -0.2) is 0 Å². The monoisotopic (exact) mass is 427 g/mol. The Morgan fingerprint density at radius 1 is 0.515 bits per heavy atom. The van der Waals surface area contributed by atoms with Gasteiger partial charge < -0.3 is 5.11 Å². The van der Waals surface area contributed by atoms with Crippen LogP contribution in [0.3, 0.4) is 0 Å². The molecule has 0 bridgehead atoms. The predicted molar refractivity (Wildman–Crippen MR) is 133 cm³/mol. The maximum atomic E-state index is 13.4. The normalized spacial score (nSPS) is 10.8. The van der Waals surface area contributed by atoms with Gasteiger partial charge in [0.05, 0.1) is 0 Å². The highest BCUT2D eigenvalue weighted by Crippen LogP contribution is 2.32. The van der Waals surface area contributed by atoms with Gasteiger partial charge in [0.25, 0.3) is 0 Å². The van der Waals surface area contributed by atoms with Gasteiger partial charge in [0.15, 0.2) is 0 Å². The quantitative estimate of drug-likeness (QED) is 0.295. The average Bonchev–Trinajstić information content (AvgIpc) is 2.87. The number of aromatic nitrogens is 1. The van der Waals surface area contributed by atoms with Gasteiger partial charge in [-0.05, 0) is 60.6 Å². The molecule has 0 saturated heterocycles. The van der Waals surface area contributed by atoms with Crippen LogP contribution in [0.4, 0.5) is 0 Å². The summed E-state index contributed by atoms with van der Waals surface area (Å²) in [4.78, 5) is 0. The second-order valence-electron chi connectivity index (χ2n) is 8.38. The van der Waals surface area contributed by atoms with Crippen molar-refractivity contribution in [3.05, 3.63) is 126 Å². The molecule has 0 amide bonds. The number of nitrogens with zero attached hydrogens (tertiary/aromatic N) is 1. The largest absolute Gasteiger partial charge is 0.868 e. The zero-order valence-electron chi connectivity index (χ0n) is 18.8. The summed E-state index contributed by atoms with van der Waals surface area (Å²) in [6, 6.07) is 39.3. The van der Waals surface area contributed by atoms with E-state index in [4.69, 9.17) is 0 Å². The topological polar surface area (TPSA) is 26.9 Å². The summed E-state index contributed by atoms with van der Waals surface area (Å²) in [5.74, 6) is 0.0485. The molecule has 2 heteroatoms. The first-order valence-corrected chi connectivity index (χ1v) is 11.2. The van der Waals surface area contributed by atoms with Gasteiger partial charge in [0.1, 0.15) is 0 Å². The first-order chi connectivity index (χ1) is 16.1. The molecule has 0 fully saturated rings. The average molecular weight is 428 g/mol. The molecule has 0 aliphatic rings. The lowest BCUT2D eigenvalue weighted by Gasteiger charge is -2.18. The van der Waals surface area contributed by atoms with Gasteiger partial charge >= 0.3 is 0 Å². The van der Waals surface area contributed by atoms with E-state index in [1.54, 1.807) is 0 Å². The van der Waals surface area contributed by atoms with Crippen LogP contribution in [0, 0.1) is 13.8 Å². The third-order valence-electron chi connectivity index (χ3n) is 5.95. The number of benzene rings is 4. The second-order valence-corrected chi connectivity index (χ2v) is 8.38. The smallest absolute Gasteiger partial charge is 0.219 e. The van der Waals surface area contributed by atoms with Crippen molar-refractivity contribution in [2.75, 3.05) is 0 Å². The zero-order chi connectivity index (χ0) is 22.8. The van der Waals surface area contributed by atoms with Crippen molar-refractivity contribution in [1.82, 2.24) is 0 Å². The minimum Gasteiger partial charge on any atom is -0.868 e. The Morgan fingerprint density at radius 2 is 0.970 bits per heavy atom. The van der Waals surface area contributed by atoms with Crippen molar-refractivity contribution in [1.29, 1.82) is 0 Å². The molecule has 0 unspecified atom stereocenters. The predicted octanol–water partition coefficient (Wildman–Crippen LogP) is 6.65.